The Bertz CT molecular complexity index is 2090. The van der Waals surface area contributed by atoms with Gasteiger partial charge in [0.1, 0.15) is 11.5 Å². The fraction of sp³-hybridized carbons (Fsp3) is 0.0256. The number of rotatable bonds is 3. The molecular weight excluding hydrogens is 516 g/mol. The van der Waals surface area contributed by atoms with E-state index in [1.54, 1.807) is 11.8 Å². The number of hydrogen-bond donors (Lipinski definition) is 0. The largest absolute Gasteiger partial charge is 0.455 e. The average molecular weight is 543 g/mol. The molecule has 41 heavy (non-hydrogen) atoms. The fourth-order valence-corrected chi connectivity index (χ4v) is 6.99. The van der Waals surface area contributed by atoms with E-state index in [4.69, 9.17) is 4.74 Å². The molecule has 0 fully saturated rings. The number of ether oxygens (including phenoxy) is 1. The van der Waals surface area contributed by atoms with Crippen LogP contribution in [0.5, 0.6) is 11.5 Å². The Hall–Kier alpha value is -4.79. The highest BCUT2D eigenvalue weighted by Gasteiger charge is 2.21. The predicted molar refractivity (Wildman–Crippen MR) is 173 cm³/mol. The lowest BCUT2D eigenvalue weighted by atomic mass is 9.85. The SMILES string of the molecule is Cc1ccc2c(-c3ccc(-c4ccccc4)cc3)c3ccccc3c(-c3ccc4c(c3)Oc3ccccc3S4)c2c1. The monoisotopic (exact) mass is 542 g/mol. The first-order valence-corrected chi connectivity index (χ1v) is 14.7. The molecule has 0 atom stereocenters. The Morgan fingerprint density at radius 3 is 1.80 bits per heavy atom. The third-order valence-corrected chi connectivity index (χ3v) is 9.10. The lowest BCUT2D eigenvalue weighted by Crippen LogP contribution is -1.96. The van der Waals surface area contributed by atoms with Gasteiger partial charge in [-0.05, 0) is 86.1 Å². The first-order chi connectivity index (χ1) is 20.2. The molecular formula is C39H26OS. The summed E-state index contributed by atoms with van der Waals surface area (Å²) in [6.07, 6.45) is 0. The van der Waals surface area contributed by atoms with Gasteiger partial charge in [-0.1, -0.05) is 133 Å². The van der Waals surface area contributed by atoms with Gasteiger partial charge in [0.05, 0.1) is 9.79 Å². The summed E-state index contributed by atoms with van der Waals surface area (Å²) < 4.78 is 6.41. The molecule has 8 rings (SSSR count). The molecule has 0 bridgehead atoms. The molecule has 0 aromatic heterocycles. The zero-order chi connectivity index (χ0) is 27.3. The van der Waals surface area contributed by atoms with Gasteiger partial charge in [-0.15, -0.1) is 0 Å². The average Bonchev–Trinajstić information content (AvgIpc) is 3.03. The number of benzene rings is 7. The van der Waals surface area contributed by atoms with Crippen LogP contribution in [0.15, 0.2) is 149 Å². The molecule has 0 amide bonds. The van der Waals surface area contributed by atoms with Crippen molar-refractivity contribution in [2.24, 2.45) is 0 Å². The molecule has 1 heterocycles. The Kier molecular flexibility index (Phi) is 5.68. The van der Waals surface area contributed by atoms with E-state index < -0.39 is 0 Å². The Morgan fingerprint density at radius 2 is 1.00 bits per heavy atom. The second-order valence-corrected chi connectivity index (χ2v) is 11.7. The first kappa shape index (κ1) is 24.0. The van der Waals surface area contributed by atoms with E-state index in [-0.39, 0.29) is 0 Å². The summed E-state index contributed by atoms with van der Waals surface area (Å²) >= 11 is 1.77. The summed E-state index contributed by atoms with van der Waals surface area (Å²) in [6, 6.07) is 50.2. The van der Waals surface area contributed by atoms with E-state index >= 15 is 0 Å². The van der Waals surface area contributed by atoms with Crippen molar-refractivity contribution >= 4 is 33.3 Å². The van der Waals surface area contributed by atoms with Gasteiger partial charge in [0.2, 0.25) is 0 Å². The highest BCUT2D eigenvalue weighted by molar-refractivity contribution is 7.99. The summed E-state index contributed by atoms with van der Waals surface area (Å²) in [4.78, 5) is 2.30. The second-order valence-electron chi connectivity index (χ2n) is 10.6. The molecule has 0 unspecified atom stereocenters. The van der Waals surface area contributed by atoms with E-state index in [2.05, 4.69) is 134 Å². The van der Waals surface area contributed by atoms with Gasteiger partial charge in [0, 0.05) is 0 Å². The van der Waals surface area contributed by atoms with Crippen LogP contribution in [0.2, 0.25) is 0 Å². The van der Waals surface area contributed by atoms with Crippen molar-refractivity contribution in [3.8, 4) is 44.9 Å². The molecule has 0 saturated heterocycles. The van der Waals surface area contributed by atoms with Gasteiger partial charge < -0.3 is 4.74 Å². The maximum absolute atomic E-state index is 6.41. The summed E-state index contributed by atoms with van der Waals surface area (Å²) in [5.74, 6) is 1.83. The fourth-order valence-electron chi connectivity index (χ4n) is 6.06. The smallest absolute Gasteiger partial charge is 0.142 e. The van der Waals surface area contributed by atoms with Crippen LogP contribution >= 0.6 is 11.8 Å². The van der Waals surface area contributed by atoms with Crippen LogP contribution in [0.4, 0.5) is 0 Å². The van der Waals surface area contributed by atoms with Gasteiger partial charge in [0.25, 0.3) is 0 Å². The lowest BCUT2D eigenvalue weighted by molar-refractivity contribution is 0.455. The molecule has 0 N–H and O–H groups in total. The van der Waals surface area contributed by atoms with E-state index in [1.807, 2.05) is 12.1 Å². The quantitative estimate of drug-likeness (QED) is 0.205. The van der Waals surface area contributed by atoms with Crippen molar-refractivity contribution < 1.29 is 4.74 Å². The van der Waals surface area contributed by atoms with Crippen LogP contribution in [0.1, 0.15) is 5.56 Å². The molecule has 1 aliphatic rings. The number of hydrogen-bond acceptors (Lipinski definition) is 2. The highest BCUT2D eigenvalue weighted by atomic mass is 32.2. The minimum Gasteiger partial charge on any atom is -0.455 e. The van der Waals surface area contributed by atoms with Gasteiger partial charge in [-0.3, -0.25) is 0 Å². The standard InChI is InChI=1S/C39H26OS/c1-25-15-21-32-33(23-25)39(29-20-22-37-35(24-29)40-34-13-7-8-14-36(34)41-37)31-12-6-5-11-30(31)38(32)28-18-16-27(17-19-28)26-9-3-2-4-10-26/h2-24H,1H3. The summed E-state index contributed by atoms with van der Waals surface area (Å²) in [5, 5.41) is 5.02. The van der Waals surface area contributed by atoms with E-state index in [9.17, 15) is 0 Å². The third-order valence-electron chi connectivity index (χ3n) is 7.98. The number of aryl methyl sites for hydroxylation is 1. The maximum atomic E-state index is 6.41. The number of fused-ring (bicyclic) bond motifs is 4. The molecule has 7 aromatic carbocycles. The Labute approximate surface area is 244 Å². The van der Waals surface area contributed by atoms with E-state index in [0.29, 0.717) is 0 Å². The zero-order valence-electron chi connectivity index (χ0n) is 22.6. The van der Waals surface area contributed by atoms with Crippen LogP contribution in [0.3, 0.4) is 0 Å². The third kappa shape index (κ3) is 4.11. The summed E-state index contributed by atoms with van der Waals surface area (Å²) in [6.45, 7) is 2.18. The topological polar surface area (TPSA) is 9.23 Å². The summed E-state index contributed by atoms with van der Waals surface area (Å²) in [7, 11) is 0. The van der Waals surface area contributed by atoms with Crippen molar-refractivity contribution in [3.63, 3.8) is 0 Å². The number of para-hydroxylation sites is 1. The van der Waals surface area contributed by atoms with Gasteiger partial charge in [0.15, 0.2) is 0 Å². The van der Waals surface area contributed by atoms with Gasteiger partial charge in [-0.25, -0.2) is 0 Å². The van der Waals surface area contributed by atoms with E-state index in [1.165, 1.54) is 60.5 Å². The zero-order valence-corrected chi connectivity index (χ0v) is 23.4. The van der Waals surface area contributed by atoms with Gasteiger partial charge >= 0.3 is 0 Å². The molecule has 2 heteroatoms. The van der Waals surface area contributed by atoms with Crippen LogP contribution in [0.25, 0.3) is 54.9 Å². The minimum atomic E-state index is 0.914. The molecule has 1 nitrogen and oxygen atoms in total. The lowest BCUT2D eigenvalue weighted by Gasteiger charge is -2.22. The Balaban J connectivity index is 1.35. The van der Waals surface area contributed by atoms with Crippen LogP contribution in [0, 0.1) is 6.92 Å². The van der Waals surface area contributed by atoms with Crippen molar-refractivity contribution in [2.75, 3.05) is 0 Å². The van der Waals surface area contributed by atoms with Crippen molar-refractivity contribution in [2.45, 2.75) is 16.7 Å². The molecule has 0 spiro atoms. The summed E-state index contributed by atoms with van der Waals surface area (Å²) in [5.41, 5.74) is 8.62. The maximum Gasteiger partial charge on any atom is 0.142 e. The second kappa shape index (κ2) is 9.69. The first-order valence-electron chi connectivity index (χ1n) is 13.9. The van der Waals surface area contributed by atoms with Gasteiger partial charge in [-0.2, -0.15) is 0 Å². The van der Waals surface area contributed by atoms with Crippen molar-refractivity contribution in [3.05, 3.63) is 145 Å². The van der Waals surface area contributed by atoms with Crippen LogP contribution in [-0.2, 0) is 0 Å². The molecule has 0 saturated carbocycles. The minimum absolute atomic E-state index is 0.914. The van der Waals surface area contributed by atoms with Crippen molar-refractivity contribution in [1.29, 1.82) is 0 Å². The van der Waals surface area contributed by atoms with Crippen molar-refractivity contribution in [1.82, 2.24) is 0 Å². The molecule has 7 aromatic rings. The molecule has 0 radical (unpaired) electrons. The predicted octanol–water partition coefficient (Wildman–Crippen LogP) is 11.6. The van der Waals surface area contributed by atoms with Crippen LogP contribution in [-0.4, -0.2) is 0 Å². The Morgan fingerprint density at radius 1 is 0.415 bits per heavy atom. The molecule has 1 aliphatic heterocycles. The molecule has 194 valence electrons. The van der Waals surface area contributed by atoms with E-state index in [0.717, 1.165) is 21.3 Å². The van der Waals surface area contributed by atoms with Crippen LogP contribution < -0.4 is 4.74 Å². The molecule has 0 aliphatic carbocycles. The normalized spacial score (nSPS) is 12.1. The highest BCUT2D eigenvalue weighted by Crippen LogP contribution is 2.50.